The van der Waals surface area contributed by atoms with E-state index in [-0.39, 0.29) is 12.5 Å². The fraction of sp³-hybridized carbons (Fsp3) is 0.600. The van der Waals surface area contributed by atoms with Gasteiger partial charge in [0.15, 0.2) is 5.96 Å². The minimum atomic E-state index is 0.0469. The van der Waals surface area contributed by atoms with E-state index < -0.39 is 0 Å². The van der Waals surface area contributed by atoms with Gasteiger partial charge in [0.05, 0.1) is 0 Å². The highest BCUT2D eigenvalue weighted by Gasteiger charge is 2.21. The van der Waals surface area contributed by atoms with Crippen molar-refractivity contribution in [2.24, 2.45) is 4.99 Å². The molecule has 0 aromatic heterocycles. The van der Waals surface area contributed by atoms with E-state index in [0.29, 0.717) is 5.96 Å². The summed E-state index contributed by atoms with van der Waals surface area (Å²) < 4.78 is 5.34. The van der Waals surface area contributed by atoms with Gasteiger partial charge < -0.3 is 20.3 Å². The lowest BCUT2D eigenvalue weighted by molar-refractivity contribution is -0.117. The molecular formula is C20H32N4O2. The first kappa shape index (κ1) is 20.2. The fourth-order valence-electron chi connectivity index (χ4n) is 3.05. The van der Waals surface area contributed by atoms with Crippen LogP contribution in [0.4, 0.5) is 5.69 Å². The molecule has 1 amide bonds. The number of para-hydroxylation sites is 1. The molecule has 0 radical (unpaired) electrons. The van der Waals surface area contributed by atoms with Gasteiger partial charge in [0.25, 0.3) is 0 Å². The number of anilines is 1. The monoisotopic (exact) mass is 360 g/mol. The quantitative estimate of drug-likeness (QED) is 0.403. The highest BCUT2D eigenvalue weighted by Crippen LogP contribution is 2.26. The van der Waals surface area contributed by atoms with Crippen LogP contribution in [0.1, 0.15) is 38.7 Å². The average molecular weight is 361 g/mol. The Morgan fingerprint density at radius 3 is 2.88 bits per heavy atom. The summed E-state index contributed by atoms with van der Waals surface area (Å²) in [5.74, 6) is 0.744. The van der Waals surface area contributed by atoms with Gasteiger partial charge in [-0.05, 0) is 51.2 Å². The predicted molar refractivity (Wildman–Crippen MR) is 107 cm³/mol. The first-order chi connectivity index (χ1) is 12.8. The van der Waals surface area contributed by atoms with Crippen LogP contribution in [-0.2, 0) is 16.0 Å². The van der Waals surface area contributed by atoms with E-state index in [1.807, 2.05) is 36.9 Å². The average Bonchev–Trinajstić information content (AvgIpc) is 2.68. The van der Waals surface area contributed by atoms with Crippen LogP contribution in [0.25, 0.3) is 0 Å². The molecule has 0 fully saturated rings. The summed E-state index contributed by atoms with van der Waals surface area (Å²) in [5.41, 5.74) is 2.28. The third-order valence-corrected chi connectivity index (χ3v) is 4.34. The molecule has 2 N–H and O–H groups in total. The smallest absolute Gasteiger partial charge is 0.248 e. The van der Waals surface area contributed by atoms with E-state index in [0.717, 1.165) is 64.2 Å². The van der Waals surface area contributed by atoms with E-state index >= 15 is 0 Å². The lowest BCUT2D eigenvalue weighted by Gasteiger charge is -2.29. The summed E-state index contributed by atoms with van der Waals surface area (Å²) in [6.07, 6.45) is 4.07. The molecule has 26 heavy (non-hydrogen) atoms. The van der Waals surface area contributed by atoms with Crippen LogP contribution in [0.2, 0.25) is 0 Å². The van der Waals surface area contributed by atoms with E-state index in [1.165, 1.54) is 5.56 Å². The summed E-state index contributed by atoms with van der Waals surface area (Å²) in [4.78, 5) is 19.0. The minimum absolute atomic E-state index is 0.0469. The number of guanidine groups is 1. The van der Waals surface area contributed by atoms with Gasteiger partial charge >= 0.3 is 0 Å². The van der Waals surface area contributed by atoms with E-state index in [9.17, 15) is 4.79 Å². The van der Waals surface area contributed by atoms with Crippen molar-refractivity contribution >= 4 is 17.6 Å². The van der Waals surface area contributed by atoms with Gasteiger partial charge in [-0.15, -0.1) is 0 Å². The fourth-order valence-corrected chi connectivity index (χ4v) is 3.05. The minimum Gasteiger partial charge on any atom is -0.382 e. The van der Waals surface area contributed by atoms with Crippen molar-refractivity contribution in [2.45, 2.75) is 39.5 Å². The SMILES string of the molecule is CCNC(=NCC(=O)N1CCCc2ccccc21)NCCCCOCC. The molecule has 1 aromatic carbocycles. The van der Waals surface area contributed by atoms with Crippen LogP contribution in [-0.4, -0.2) is 51.3 Å². The molecule has 6 heteroatoms. The molecule has 0 saturated carbocycles. The third-order valence-electron chi connectivity index (χ3n) is 4.34. The lowest BCUT2D eigenvalue weighted by Crippen LogP contribution is -2.40. The van der Waals surface area contributed by atoms with E-state index in [2.05, 4.69) is 21.7 Å². The molecule has 1 heterocycles. The highest BCUT2D eigenvalue weighted by molar-refractivity contribution is 5.97. The zero-order valence-electron chi connectivity index (χ0n) is 16.1. The Balaban J connectivity index is 1.85. The van der Waals surface area contributed by atoms with Crippen molar-refractivity contribution in [2.75, 3.05) is 44.3 Å². The molecular weight excluding hydrogens is 328 g/mol. The van der Waals surface area contributed by atoms with Crippen LogP contribution in [0.3, 0.4) is 0 Å². The summed E-state index contributed by atoms with van der Waals surface area (Å²) in [6.45, 7) is 8.10. The number of ether oxygens (including phenoxy) is 1. The molecule has 0 spiro atoms. The van der Waals surface area contributed by atoms with Gasteiger partial charge in [0.2, 0.25) is 5.91 Å². The van der Waals surface area contributed by atoms with Gasteiger partial charge in [-0.2, -0.15) is 0 Å². The number of carbonyl (C=O) groups excluding carboxylic acids is 1. The van der Waals surface area contributed by atoms with Crippen molar-refractivity contribution in [3.8, 4) is 0 Å². The Bertz CT molecular complexity index is 589. The zero-order valence-corrected chi connectivity index (χ0v) is 16.1. The predicted octanol–water partition coefficient (Wildman–Crippen LogP) is 2.34. The molecule has 6 nitrogen and oxygen atoms in total. The first-order valence-corrected chi connectivity index (χ1v) is 9.74. The third kappa shape index (κ3) is 6.33. The normalized spacial score (nSPS) is 14.1. The van der Waals surface area contributed by atoms with Crippen molar-refractivity contribution in [3.63, 3.8) is 0 Å². The Labute approximate surface area is 157 Å². The number of fused-ring (bicyclic) bond motifs is 1. The molecule has 1 aliphatic heterocycles. The standard InChI is InChI=1S/C20H32N4O2/c1-3-21-20(22-13-7-8-15-26-4-2)23-16-19(25)24-14-9-11-17-10-5-6-12-18(17)24/h5-6,10,12H,3-4,7-9,11,13-16H2,1-2H3,(H2,21,22,23). The van der Waals surface area contributed by atoms with Crippen molar-refractivity contribution in [3.05, 3.63) is 29.8 Å². The number of carbonyl (C=O) groups is 1. The zero-order chi connectivity index (χ0) is 18.6. The van der Waals surface area contributed by atoms with Crippen LogP contribution >= 0.6 is 0 Å². The van der Waals surface area contributed by atoms with Gasteiger partial charge in [-0.3, -0.25) is 4.79 Å². The number of aryl methyl sites for hydroxylation is 1. The Morgan fingerprint density at radius 1 is 1.23 bits per heavy atom. The second kappa shape index (κ2) is 11.5. The molecule has 1 aromatic rings. The number of hydrogen-bond acceptors (Lipinski definition) is 3. The topological polar surface area (TPSA) is 66.0 Å². The van der Waals surface area contributed by atoms with Gasteiger partial charge in [-0.1, -0.05) is 18.2 Å². The number of aliphatic imine (C=N–C) groups is 1. The van der Waals surface area contributed by atoms with Crippen LogP contribution < -0.4 is 15.5 Å². The molecule has 0 atom stereocenters. The van der Waals surface area contributed by atoms with Gasteiger partial charge in [0.1, 0.15) is 6.54 Å². The number of hydrogen-bond donors (Lipinski definition) is 2. The van der Waals surface area contributed by atoms with Crippen LogP contribution in [0.15, 0.2) is 29.3 Å². The van der Waals surface area contributed by atoms with Crippen LogP contribution in [0, 0.1) is 0 Å². The molecule has 144 valence electrons. The number of amides is 1. The summed E-state index contributed by atoms with van der Waals surface area (Å²) in [7, 11) is 0. The summed E-state index contributed by atoms with van der Waals surface area (Å²) in [6, 6.07) is 8.15. The number of benzene rings is 1. The van der Waals surface area contributed by atoms with Crippen molar-refractivity contribution in [1.82, 2.24) is 10.6 Å². The number of unbranched alkanes of at least 4 members (excludes halogenated alkanes) is 1. The maximum absolute atomic E-state index is 12.7. The molecule has 0 bridgehead atoms. The maximum Gasteiger partial charge on any atom is 0.248 e. The Hall–Kier alpha value is -2.08. The van der Waals surface area contributed by atoms with E-state index in [4.69, 9.17) is 4.74 Å². The molecule has 1 aliphatic rings. The number of nitrogens with zero attached hydrogens (tertiary/aromatic N) is 2. The summed E-state index contributed by atoms with van der Waals surface area (Å²) in [5, 5.41) is 6.49. The van der Waals surface area contributed by atoms with Gasteiger partial charge in [-0.25, -0.2) is 4.99 Å². The number of nitrogens with one attached hydrogen (secondary N) is 2. The summed E-state index contributed by atoms with van der Waals surface area (Å²) >= 11 is 0. The Morgan fingerprint density at radius 2 is 2.08 bits per heavy atom. The second-order valence-corrected chi connectivity index (χ2v) is 6.30. The number of rotatable bonds is 9. The first-order valence-electron chi connectivity index (χ1n) is 9.74. The maximum atomic E-state index is 12.7. The van der Waals surface area contributed by atoms with Crippen LogP contribution in [0.5, 0.6) is 0 Å². The molecule has 0 saturated heterocycles. The van der Waals surface area contributed by atoms with Crippen molar-refractivity contribution < 1.29 is 9.53 Å². The van der Waals surface area contributed by atoms with Crippen molar-refractivity contribution in [1.29, 1.82) is 0 Å². The Kier molecular flexibility index (Phi) is 8.96. The lowest BCUT2D eigenvalue weighted by atomic mass is 10.0. The highest BCUT2D eigenvalue weighted by atomic mass is 16.5. The molecule has 2 rings (SSSR count). The van der Waals surface area contributed by atoms with E-state index in [1.54, 1.807) is 0 Å². The molecule has 0 aliphatic carbocycles. The molecule has 0 unspecified atom stereocenters. The van der Waals surface area contributed by atoms with Gasteiger partial charge in [0, 0.05) is 38.5 Å². The second-order valence-electron chi connectivity index (χ2n) is 6.30. The largest absolute Gasteiger partial charge is 0.382 e.